The first kappa shape index (κ1) is 18.1. The number of carbonyl (C=O) groups is 1. The molecule has 0 N–H and O–H groups in total. The number of hydrogen-bond acceptors (Lipinski definition) is 4. The number of piperidine rings is 1. The van der Waals surface area contributed by atoms with Crippen molar-refractivity contribution in [3.63, 3.8) is 0 Å². The van der Waals surface area contributed by atoms with Crippen LogP contribution in [0.3, 0.4) is 0 Å². The Morgan fingerprint density at radius 2 is 1.72 bits per heavy atom. The van der Waals surface area contributed by atoms with Crippen molar-refractivity contribution in [3.05, 3.63) is 29.6 Å². The van der Waals surface area contributed by atoms with Gasteiger partial charge in [0.25, 0.3) is 0 Å². The van der Waals surface area contributed by atoms with Gasteiger partial charge >= 0.3 is 0 Å². The first-order chi connectivity index (χ1) is 12.2. The topological polar surface area (TPSA) is 36.0 Å². The first-order valence-corrected chi connectivity index (χ1v) is 9.20. The van der Waals surface area contributed by atoms with Gasteiger partial charge < -0.3 is 9.64 Å². The second-order valence-corrected chi connectivity index (χ2v) is 6.96. The fourth-order valence-corrected chi connectivity index (χ4v) is 3.61. The summed E-state index contributed by atoms with van der Waals surface area (Å²) in [7, 11) is 1.47. The maximum Gasteiger partial charge on any atom is 0.236 e. The Morgan fingerprint density at radius 3 is 2.36 bits per heavy atom. The summed E-state index contributed by atoms with van der Waals surface area (Å²) >= 11 is 0. The van der Waals surface area contributed by atoms with E-state index in [4.69, 9.17) is 4.74 Å². The lowest BCUT2D eigenvalue weighted by atomic mass is 10.1. The summed E-state index contributed by atoms with van der Waals surface area (Å²) in [5, 5.41) is 0. The Bertz CT molecular complexity index is 582. The van der Waals surface area contributed by atoms with Gasteiger partial charge in [-0.05, 0) is 37.0 Å². The summed E-state index contributed by atoms with van der Waals surface area (Å²) in [5.41, 5.74) is 0.955. The van der Waals surface area contributed by atoms with Gasteiger partial charge in [0.2, 0.25) is 5.91 Å². The van der Waals surface area contributed by atoms with Crippen molar-refractivity contribution < 1.29 is 13.9 Å². The monoisotopic (exact) mass is 349 g/mol. The number of piperazine rings is 1. The highest BCUT2D eigenvalue weighted by atomic mass is 19.1. The Labute approximate surface area is 149 Å². The number of rotatable bonds is 5. The van der Waals surface area contributed by atoms with E-state index in [-0.39, 0.29) is 17.5 Å². The number of ether oxygens (including phenoxy) is 1. The molecule has 3 rings (SSSR count). The quantitative estimate of drug-likeness (QED) is 0.814. The third-order valence-corrected chi connectivity index (χ3v) is 5.15. The molecule has 0 unspecified atom stereocenters. The summed E-state index contributed by atoms with van der Waals surface area (Å²) in [5.74, 6) is 0.237. The van der Waals surface area contributed by atoms with E-state index in [1.807, 2.05) is 11.0 Å². The SMILES string of the molecule is COc1ccc(CN2CCN(CC(=O)N3CCCCC3)CC2)cc1F. The smallest absolute Gasteiger partial charge is 0.236 e. The standard InChI is InChI=1S/C19H28FN3O2/c1-25-18-6-5-16(13-17(18)20)14-21-9-11-22(12-10-21)15-19(24)23-7-3-2-4-8-23/h5-6,13H,2-4,7-12,14-15H2,1H3. The molecule has 2 saturated heterocycles. The zero-order chi connectivity index (χ0) is 17.6. The minimum absolute atomic E-state index is 0.269. The number of halogens is 1. The molecule has 0 aromatic heterocycles. The molecule has 0 radical (unpaired) electrons. The van der Waals surface area contributed by atoms with Crippen LogP contribution in [-0.2, 0) is 11.3 Å². The predicted octanol–water partition coefficient (Wildman–Crippen LogP) is 1.96. The van der Waals surface area contributed by atoms with Crippen LogP contribution in [0.15, 0.2) is 18.2 Å². The highest BCUT2D eigenvalue weighted by molar-refractivity contribution is 5.78. The average Bonchev–Trinajstić information content (AvgIpc) is 2.64. The lowest BCUT2D eigenvalue weighted by Gasteiger charge is -2.36. The van der Waals surface area contributed by atoms with Gasteiger partial charge in [-0.2, -0.15) is 0 Å². The van der Waals surface area contributed by atoms with Crippen molar-refractivity contribution in [1.82, 2.24) is 14.7 Å². The van der Waals surface area contributed by atoms with E-state index in [9.17, 15) is 9.18 Å². The van der Waals surface area contributed by atoms with Gasteiger partial charge in [0.1, 0.15) is 0 Å². The third kappa shape index (κ3) is 4.92. The van der Waals surface area contributed by atoms with Crippen LogP contribution >= 0.6 is 0 Å². The van der Waals surface area contributed by atoms with Gasteiger partial charge in [0.05, 0.1) is 13.7 Å². The van der Waals surface area contributed by atoms with E-state index in [0.717, 1.165) is 64.2 Å². The molecule has 0 aliphatic carbocycles. The molecule has 2 aliphatic rings. The number of methoxy groups -OCH3 is 1. The molecule has 0 bridgehead atoms. The van der Waals surface area contributed by atoms with Crippen molar-refractivity contribution >= 4 is 5.91 Å². The highest BCUT2D eigenvalue weighted by Gasteiger charge is 2.22. The van der Waals surface area contributed by atoms with E-state index in [1.165, 1.54) is 13.5 Å². The molecular weight excluding hydrogens is 321 g/mol. The third-order valence-electron chi connectivity index (χ3n) is 5.15. The lowest BCUT2D eigenvalue weighted by molar-refractivity contribution is -0.133. The molecule has 2 aliphatic heterocycles. The summed E-state index contributed by atoms with van der Waals surface area (Å²) < 4.78 is 18.8. The van der Waals surface area contributed by atoms with Gasteiger partial charge in [-0.3, -0.25) is 14.6 Å². The highest BCUT2D eigenvalue weighted by Crippen LogP contribution is 2.19. The minimum Gasteiger partial charge on any atom is -0.494 e. The van der Waals surface area contributed by atoms with Crippen LogP contribution < -0.4 is 4.74 Å². The lowest BCUT2D eigenvalue weighted by Crippen LogP contribution is -2.50. The van der Waals surface area contributed by atoms with Crippen molar-refractivity contribution in [2.24, 2.45) is 0 Å². The van der Waals surface area contributed by atoms with E-state index in [2.05, 4.69) is 9.80 Å². The summed E-state index contributed by atoms with van der Waals surface area (Å²) in [6.07, 6.45) is 3.52. The molecule has 5 nitrogen and oxygen atoms in total. The van der Waals surface area contributed by atoms with Crippen LogP contribution in [0.25, 0.3) is 0 Å². The largest absolute Gasteiger partial charge is 0.494 e. The fraction of sp³-hybridized carbons (Fsp3) is 0.632. The molecule has 1 aromatic carbocycles. The molecular formula is C19H28FN3O2. The van der Waals surface area contributed by atoms with Gasteiger partial charge in [0.15, 0.2) is 11.6 Å². The van der Waals surface area contributed by atoms with E-state index in [1.54, 1.807) is 12.1 Å². The van der Waals surface area contributed by atoms with Crippen LogP contribution in [-0.4, -0.2) is 73.5 Å². The van der Waals surface area contributed by atoms with Crippen LogP contribution in [0.4, 0.5) is 4.39 Å². The molecule has 2 heterocycles. The van der Waals surface area contributed by atoms with Crippen LogP contribution in [0.5, 0.6) is 5.75 Å². The van der Waals surface area contributed by atoms with Gasteiger partial charge in [0, 0.05) is 45.8 Å². The Kier molecular flexibility index (Phi) is 6.26. The van der Waals surface area contributed by atoms with Crippen molar-refractivity contribution in [2.45, 2.75) is 25.8 Å². The number of nitrogens with zero attached hydrogens (tertiary/aromatic N) is 3. The second kappa shape index (κ2) is 8.63. The molecule has 0 spiro atoms. The zero-order valence-corrected chi connectivity index (χ0v) is 15.0. The second-order valence-electron chi connectivity index (χ2n) is 6.96. The fourth-order valence-electron chi connectivity index (χ4n) is 3.61. The maximum absolute atomic E-state index is 13.8. The number of carbonyl (C=O) groups excluding carboxylic acids is 1. The van der Waals surface area contributed by atoms with E-state index < -0.39 is 0 Å². The van der Waals surface area contributed by atoms with Crippen molar-refractivity contribution in [3.8, 4) is 5.75 Å². The molecule has 0 saturated carbocycles. The molecule has 1 aromatic rings. The minimum atomic E-state index is -0.314. The van der Waals surface area contributed by atoms with Crippen LogP contribution in [0.1, 0.15) is 24.8 Å². The summed E-state index contributed by atoms with van der Waals surface area (Å²) in [6.45, 7) is 6.68. The molecule has 25 heavy (non-hydrogen) atoms. The Balaban J connectivity index is 1.44. The van der Waals surface area contributed by atoms with Crippen molar-refractivity contribution in [1.29, 1.82) is 0 Å². The zero-order valence-electron chi connectivity index (χ0n) is 15.0. The van der Waals surface area contributed by atoms with Gasteiger partial charge in [-0.25, -0.2) is 4.39 Å². The Hall–Kier alpha value is -1.66. The maximum atomic E-state index is 13.8. The van der Waals surface area contributed by atoms with E-state index in [0.29, 0.717) is 6.54 Å². The number of hydrogen-bond donors (Lipinski definition) is 0. The number of amides is 1. The predicted molar refractivity (Wildman–Crippen MR) is 95.1 cm³/mol. The number of likely N-dealkylation sites (tertiary alicyclic amines) is 1. The average molecular weight is 349 g/mol. The van der Waals surface area contributed by atoms with Crippen LogP contribution in [0, 0.1) is 5.82 Å². The van der Waals surface area contributed by atoms with Gasteiger partial charge in [-0.15, -0.1) is 0 Å². The molecule has 2 fully saturated rings. The molecule has 0 atom stereocenters. The normalized spacial score (nSPS) is 19.8. The molecule has 1 amide bonds. The summed E-state index contributed by atoms with van der Waals surface area (Å²) in [6, 6.07) is 5.14. The Morgan fingerprint density at radius 1 is 1.04 bits per heavy atom. The first-order valence-electron chi connectivity index (χ1n) is 9.20. The van der Waals surface area contributed by atoms with E-state index >= 15 is 0 Å². The van der Waals surface area contributed by atoms with Crippen molar-refractivity contribution in [2.75, 3.05) is 52.9 Å². The summed E-state index contributed by atoms with van der Waals surface area (Å²) in [4.78, 5) is 18.9. The molecule has 138 valence electrons. The number of benzene rings is 1. The van der Waals surface area contributed by atoms with Crippen LogP contribution in [0.2, 0.25) is 0 Å². The molecule has 6 heteroatoms. The van der Waals surface area contributed by atoms with Gasteiger partial charge in [-0.1, -0.05) is 6.07 Å².